The molecule has 0 unspecified atom stereocenters. The maximum absolute atomic E-state index is 13.6. The van der Waals surface area contributed by atoms with Crippen molar-refractivity contribution in [2.75, 3.05) is 32.7 Å². The van der Waals surface area contributed by atoms with Gasteiger partial charge in [-0.1, -0.05) is 67.6 Å². The molecule has 4 N–H and O–H groups in total. The normalized spacial score (nSPS) is 12.7. The third-order valence-electron chi connectivity index (χ3n) is 14.5. The predicted octanol–water partition coefficient (Wildman–Crippen LogP) is 7.47. The van der Waals surface area contributed by atoms with E-state index in [-0.39, 0.29) is 113 Å². The number of nitrogens with zero attached hydrogens (tertiary/aromatic N) is 1. The third kappa shape index (κ3) is 18.0. The molecular formula is C60H52ClN3O13S15. The van der Waals surface area contributed by atoms with Crippen LogP contribution in [0.5, 0.6) is 0 Å². The summed E-state index contributed by atoms with van der Waals surface area (Å²) in [6.07, 6.45) is 1.96. The second-order valence-electron chi connectivity index (χ2n) is 21.3. The molecule has 2 aliphatic rings. The maximum Gasteiger partial charge on any atom is 0.404 e. The van der Waals surface area contributed by atoms with Crippen LogP contribution >= 0.6 is 34.3 Å². The molecule has 2 saturated heterocycles. The fraction of sp³-hybridized carbons (Fsp3) is 0.283. The number of benzene rings is 8. The quantitative estimate of drug-likeness (QED) is 0.125. The SMILES string of the molecule is CC(C)(C)OC(=O)Cl.CCC1CN(C(=O)CCc2ccc3c(=O)c4sc5c(=O)c6ccccc6c(=O)c5c4c(=O)c3c2)C1.NCC1CNC1.O=C(O)CCc1ccc2c(=O)c3sc4c(=O)c5ccccc5c(=O)c4c3c(=O)c2c1.S=S=S.S=S=S=S=S=S=S=S=S=S. The predicted molar refractivity (Wildman–Crippen MR) is 411 cm³/mol. The van der Waals surface area contributed by atoms with Crippen LogP contribution in [0.15, 0.2) is 123 Å². The number of nitrogens with two attached hydrogens (primary N) is 1. The number of hydrogen-bond donors (Lipinski definition) is 3. The van der Waals surface area contributed by atoms with Gasteiger partial charge in [0.15, 0.2) is 21.7 Å². The molecule has 0 bridgehead atoms. The van der Waals surface area contributed by atoms with Gasteiger partial charge in [-0.3, -0.25) is 47.9 Å². The molecule has 10 aromatic rings. The highest BCUT2D eigenvalue weighted by atomic mass is 35.5. The zero-order chi connectivity index (χ0) is 67.1. The number of aryl methyl sites for hydroxylation is 2. The first-order chi connectivity index (χ1) is 43.9. The number of hydrogen-bond acceptors (Lipinski definition) is 20. The van der Waals surface area contributed by atoms with Crippen LogP contribution in [0, 0.1) is 11.8 Å². The number of nitrogens with one attached hydrogen (secondary N) is 1. The first-order valence-electron chi connectivity index (χ1n) is 27.4. The fourth-order valence-electron chi connectivity index (χ4n) is 9.94. The van der Waals surface area contributed by atoms with E-state index in [1.54, 1.807) is 141 Å². The number of carboxylic acids is 1. The number of ether oxygens (including phenoxy) is 1. The largest absolute Gasteiger partial charge is 0.481 e. The number of carbonyl (C=O) groups excluding carboxylic acids is 2. The van der Waals surface area contributed by atoms with Gasteiger partial charge in [0.05, 0.1) is 40.3 Å². The van der Waals surface area contributed by atoms with Gasteiger partial charge in [0, 0.05) is 218 Å². The summed E-state index contributed by atoms with van der Waals surface area (Å²) >= 11 is 24.3. The summed E-state index contributed by atoms with van der Waals surface area (Å²) in [6.45, 7) is 12.1. The molecule has 482 valence electrons. The van der Waals surface area contributed by atoms with E-state index in [1.165, 1.54) is 36.0 Å². The fourth-order valence-corrected chi connectivity index (χ4v) is 29.0. The number of aliphatic carboxylic acids is 1. The number of amides is 1. The number of carboxylic acid groups (broad SMARTS) is 1. The van der Waals surface area contributed by atoms with Crippen molar-refractivity contribution in [3.8, 4) is 0 Å². The van der Waals surface area contributed by atoms with E-state index in [0.717, 1.165) is 82.2 Å². The van der Waals surface area contributed by atoms with Crippen molar-refractivity contribution in [1.82, 2.24) is 10.2 Å². The van der Waals surface area contributed by atoms with E-state index in [2.05, 4.69) is 61.7 Å². The Balaban J connectivity index is 0.000000188. The van der Waals surface area contributed by atoms with Crippen LogP contribution in [0.25, 0.3) is 83.4 Å². The van der Waals surface area contributed by atoms with Crippen LogP contribution in [0.2, 0.25) is 0 Å². The van der Waals surface area contributed by atoms with Crippen molar-refractivity contribution in [3.05, 3.63) is 178 Å². The highest BCUT2D eigenvalue weighted by Crippen LogP contribution is 2.31. The molecule has 16 nitrogen and oxygen atoms in total. The van der Waals surface area contributed by atoms with Crippen LogP contribution < -0.4 is 54.5 Å². The molecule has 0 aliphatic carbocycles. The Morgan fingerprint density at radius 3 is 1.21 bits per heavy atom. The van der Waals surface area contributed by atoms with E-state index < -0.39 is 44.1 Å². The number of fused-ring (bicyclic) bond motifs is 10. The van der Waals surface area contributed by atoms with Gasteiger partial charge in [-0.25, -0.2) is 4.79 Å². The summed E-state index contributed by atoms with van der Waals surface area (Å²) in [6, 6.07) is 22.6. The molecular weight excluding hydrogens is 1490 g/mol. The van der Waals surface area contributed by atoms with Crippen molar-refractivity contribution in [2.45, 2.75) is 65.4 Å². The summed E-state index contributed by atoms with van der Waals surface area (Å²) in [5, 5.41) is 13.9. The van der Waals surface area contributed by atoms with E-state index in [1.807, 2.05) is 4.90 Å². The monoisotopic (exact) mass is 1540 g/mol. The highest BCUT2D eigenvalue weighted by Gasteiger charge is 2.29. The molecule has 0 saturated carbocycles. The molecule has 0 radical (unpaired) electrons. The van der Waals surface area contributed by atoms with E-state index in [0.29, 0.717) is 29.7 Å². The molecule has 4 heterocycles. The van der Waals surface area contributed by atoms with Gasteiger partial charge in [0.2, 0.25) is 27.6 Å². The molecule has 1 amide bonds. The molecule has 12 rings (SSSR count). The average Bonchev–Trinajstić information content (AvgIpc) is 1.54. The van der Waals surface area contributed by atoms with Gasteiger partial charge in [0.1, 0.15) is 5.60 Å². The van der Waals surface area contributed by atoms with E-state index >= 15 is 0 Å². The van der Waals surface area contributed by atoms with Crippen molar-refractivity contribution >= 4 is 260 Å². The lowest BCUT2D eigenvalue weighted by molar-refractivity contribution is -0.138. The van der Waals surface area contributed by atoms with Crippen LogP contribution in [-0.4, -0.2) is 65.6 Å². The van der Waals surface area contributed by atoms with Gasteiger partial charge in [-0.2, -0.15) is 0 Å². The minimum Gasteiger partial charge on any atom is -0.481 e. The Hall–Kier alpha value is -4.88. The number of rotatable bonds is 8. The van der Waals surface area contributed by atoms with Crippen LogP contribution in [-0.2, 0) is 152 Å². The summed E-state index contributed by atoms with van der Waals surface area (Å²) in [5.41, 5.74) is 2.25. The zero-order valence-electron chi connectivity index (χ0n) is 48.7. The second kappa shape index (κ2) is 34.7. The summed E-state index contributed by atoms with van der Waals surface area (Å²) in [4.78, 5) is 141. The van der Waals surface area contributed by atoms with Crippen LogP contribution in [0.1, 0.15) is 58.1 Å². The van der Waals surface area contributed by atoms with Crippen LogP contribution in [0.4, 0.5) is 4.79 Å². The number of carbonyl (C=O) groups is 3. The summed E-state index contributed by atoms with van der Waals surface area (Å²) < 4.78 is 5.08. The molecule has 92 heavy (non-hydrogen) atoms. The number of thiophene rings is 2. The maximum atomic E-state index is 13.6. The van der Waals surface area contributed by atoms with Crippen LogP contribution in [0.3, 0.4) is 0 Å². The molecule has 2 aliphatic heterocycles. The first kappa shape index (κ1) is 74.5. The van der Waals surface area contributed by atoms with Gasteiger partial charge in [0.25, 0.3) is 0 Å². The topological polar surface area (TPSA) is 259 Å². The summed E-state index contributed by atoms with van der Waals surface area (Å²) in [7, 11) is 13.6. The van der Waals surface area contributed by atoms with Gasteiger partial charge in [-0.05, 0) is 93.8 Å². The second-order valence-corrected chi connectivity index (χ2v) is 39.6. The Morgan fingerprint density at radius 2 is 0.913 bits per heavy atom. The molecule has 8 aromatic carbocycles. The minimum absolute atomic E-state index is 0.00126. The Kier molecular flexibility index (Phi) is 28.1. The van der Waals surface area contributed by atoms with Gasteiger partial charge < -0.3 is 25.8 Å². The van der Waals surface area contributed by atoms with Gasteiger partial charge >= 0.3 is 11.4 Å². The third-order valence-corrected chi connectivity index (χ3v) is 32.5. The molecule has 0 spiro atoms. The van der Waals surface area contributed by atoms with E-state index in [4.69, 9.17) is 22.4 Å². The molecule has 2 fully saturated rings. The molecule has 0 atom stereocenters. The number of halogens is 1. The van der Waals surface area contributed by atoms with Crippen molar-refractivity contribution < 1.29 is 24.2 Å². The Labute approximate surface area is 581 Å². The standard InChI is InChI=1S/C28H21NO5S.C23H12O6S.C5H9ClO2.C4H10N2.S10.S3/c1-2-14-12-29(13-14)20(30)10-8-15-7-9-18-19(11-15)24(32)22-21-23(31)16-5-3-4-6-17(16)25(33)27(21)35-28(22)26(18)34;24-15(25)8-6-10-5-7-13-14(9-10)19(27)17-16-18(26)11-3-1-2-4-12(11)20(28)22(16)30-23(17)21(13)29;1-5(2,3)8-4(6)7;5-1-4-2-6-3-4;1-3-5-7-9-10-8-6-4-2;1-3-2/h3-7,9,11,14H,2,8,10,12-13H2,1H3;1-5,7,9H,6,8H2,(H,24,25);1-3H3;4,6H,1-3,5H2;;. The highest BCUT2D eigenvalue weighted by molar-refractivity contribution is 8.73. The van der Waals surface area contributed by atoms with Crippen molar-refractivity contribution in [2.24, 2.45) is 17.6 Å². The zero-order valence-corrected chi connectivity index (χ0v) is 61.7. The minimum atomic E-state index is -0.966. The van der Waals surface area contributed by atoms with Crippen molar-refractivity contribution in [3.63, 3.8) is 0 Å². The lowest BCUT2D eigenvalue weighted by Crippen LogP contribution is -2.49. The molecule has 32 heteroatoms. The molecule has 2 aromatic heterocycles. The lowest BCUT2D eigenvalue weighted by atomic mass is 9.96. The number of likely N-dealkylation sites (tertiary alicyclic amines) is 1. The van der Waals surface area contributed by atoms with Gasteiger partial charge in [-0.15, -0.1) is 22.7 Å². The first-order valence-corrected chi connectivity index (χ1v) is 44.1. The van der Waals surface area contributed by atoms with Crippen molar-refractivity contribution in [1.29, 1.82) is 0 Å². The Morgan fingerprint density at radius 1 is 0.565 bits per heavy atom. The van der Waals surface area contributed by atoms with E-state index in [9.17, 15) is 52.7 Å². The average molecular weight is 1540 g/mol. The summed E-state index contributed by atoms with van der Waals surface area (Å²) in [5.74, 6) is 0.488. The lowest BCUT2D eigenvalue weighted by Gasteiger charge is -2.39. The smallest absolute Gasteiger partial charge is 0.404 e. The Bertz CT molecular complexity index is 5440.